The van der Waals surface area contributed by atoms with Gasteiger partial charge in [0.1, 0.15) is 17.4 Å². The minimum atomic E-state index is -0.497. The largest absolute Gasteiger partial charge is 0.496 e. The molecule has 1 aliphatic heterocycles. The normalized spacial score (nSPS) is 17.9. The minimum absolute atomic E-state index is 0.00929. The van der Waals surface area contributed by atoms with Crippen LogP contribution in [-0.2, 0) is 21.5 Å². The van der Waals surface area contributed by atoms with Crippen molar-refractivity contribution in [2.45, 2.75) is 31.7 Å². The molecule has 1 saturated heterocycles. The fourth-order valence-corrected chi connectivity index (χ4v) is 3.76. The second-order valence-electron chi connectivity index (χ2n) is 7.35. The topological polar surface area (TPSA) is 76.6 Å². The van der Waals surface area contributed by atoms with Crippen molar-refractivity contribution >= 4 is 11.7 Å². The van der Waals surface area contributed by atoms with Crippen LogP contribution in [0.3, 0.4) is 0 Å². The van der Waals surface area contributed by atoms with Gasteiger partial charge in [0.25, 0.3) is 0 Å². The molecule has 1 aromatic heterocycles. The Bertz CT molecular complexity index is 860. The summed E-state index contributed by atoms with van der Waals surface area (Å²) in [5, 5.41) is 3.05. The van der Waals surface area contributed by atoms with E-state index in [4.69, 9.17) is 9.47 Å². The number of nitrogens with zero attached hydrogens (tertiary/aromatic N) is 3. The molecule has 1 saturated carbocycles. The molecule has 1 aliphatic carbocycles. The molecule has 1 N–H and O–H groups in total. The monoisotopic (exact) mass is 382 g/mol. The van der Waals surface area contributed by atoms with Gasteiger partial charge in [-0.1, -0.05) is 18.2 Å². The Balaban J connectivity index is 1.47. The van der Waals surface area contributed by atoms with E-state index < -0.39 is 5.41 Å². The third-order valence-corrected chi connectivity index (χ3v) is 5.44. The second kappa shape index (κ2) is 7.75. The Morgan fingerprint density at radius 2 is 2.00 bits per heavy atom. The maximum absolute atomic E-state index is 13.0. The van der Waals surface area contributed by atoms with Crippen LogP contribution in [0.1, 0.15) is 29.9 Å². The Hall–Kier alpha value is -2.67. The highest BCUT2D eigenvalue weighted by atomic mass is 16.5. The number of para-hydroxylation sites is 1. The smallest absolute Gasteiger partial charge is 0.231 e. The summed E-state index contributed by atoms with van der Waals surface area (Å²) in [6.07, 6.45) is 1.65. The summed E-state index contributed by atoms with van der Waals surface area (Å²) in [6, 6.07) is 9.73. The number of hydrogen-bond acceptors (Lipinski definition) is 6. The molecule has 2 aromatic rings. The number of rotatable bonds is 6. The van der Waals surface area contributed by atoms with Crippen LogP contribution >= 0.6 is 0 Å². The first kappa shape index (κ1) is 18.7. The average molecular weight is 382 g/mol. The summed E-state index contributed by atoms with van der Waals surface area (Å²) >= 11 is 0. The quantitative estimate of drug-likeness (QED) is 0.823. The third-order valence-electron chi connectivity index (χ3n) is 5.44. The third kappa shape index (κ3) is 3.67. The van der Waals surface area contributed by atoms with Crippen LogP contribution in [0.15, 0.2) is 30.3 Å². The number of methoxy groups -OCH3 is 1. The number of ether oxygens (including phenoxy) is 2. The second-order valence-corrected chi connectivity index (χ2v) is 7.35. The highest BCUT2D eigenvalue weighted by Gasteiger charge is 2.52. The van der Waals surface area contributed by atoms with E-state index in [2.05, 4.69) is 20.2 Å². The number of carbonyl (C=O) groups is 1. The molecule has 2 fully saturated rings. The van der Waals surface area contributed by atoms with Gasteiger partial charge in [0.2, 0.25) is 5.91 Å². The van der Waals surface area contributed by atoms with Crippen LogP contribution in [0.25, 0.3) is 0 Å². The zero-order valence-electron chi connectivity index (χ0n) is 16.4. The molecule has 0 spiro atoms. The maximum atomic E-state index is 13.0. The van der Waals surface area contributed by atoms with E-state index in [1.165, 1.54) is 0 Å². The maximum Gasteiger partial charge on any atom is 0.231 e. The van der Waals surface area contributed by atoms with E-state index >= 15 is 0 Å². The number of benzene rings is 1. The Morgan fingerprint density at radius 3 is 2.71 bits per heavy atom. The van der Waals surface area contributed by atoms with E-state index in [1.807, 2.05) is 37.3 Å². The van der Waals surface area contributed by atoms with E-state index in [1.54, 1.807) is 7.11 Å². The van der Waals surface area contributed by atoms with Gasteiger partial charge < -0.3 is 19.7 Å². The number of hydrogen-bond donors (Lipinski definition) is 1. The summed E-state index contributed by atoms with van der Waals surface area (Å²) in [6.45, 7) is 5.31. The number of morpholine rings is 1. The van der Waals surface area contributed by atoms with Crippen molar-refractivity contribution < 1.29 is 14.3 Å². The number of aromatic nitrogens is 2. The molecule has 28 heavy (non-hydrogen) atoms. The van der Waals surface area contributed by atoms with Crippen LogP contribution < -0.4 is 15.0 Å². The van der Waals surface area contributed by atoms with Gasteiger partial charge in [-0.05, 0) is 25.8 Å². The summed E-state index contributed by atoms with van der Waals surface area (Å²) in [7, 11) is 1.64. The van der Waals surface area contributed by atoms with Crippen molar-refractivity contribution in [3.63, 3.8) is 0 Å². The number of aryl methyl sites for hydroxylation is 1. The highest BCUT2D eigenvalue weighted by molar-refractivity contribution is 5.92. The molecule has 2 heterocycles. The van der Waals surface area contributed by atoms with Crippen molar-refractivity contribution in [3.05, 3.63) is 47.4 Å². The summed E-state index contributed by atoms with van der Waals surface area (Å²) in [4.78, 5) is 24.3. The van der Waals surface area contributed by atoms with Gasteiger partial charge in [0.15, 0.2) is 0 Å². The van der Waals surface area contributed by atoms with Gasteiger partial charge in [-0.25, -0.2) is 9.97 Å². The van der Waals surface area contributed by atoms with Gasteiger partial charge in [-0.15, -0.1) is 0 Å². The van der Waals surface area contributed by atoms with Gasteiger partial charge in [0.05, 0.1) is 32.3 Å². The van der Waals surface area contributed by atoms with E-state index in [0.717, 1.165) is 48.8 Å². The van der Waals surface area contributed by atoms with Crippen LogP contribution in [-0.4, -0.2) is 49.3 Å². The first-order chi connectivity index (χ1) is 13.6. The molecule has 0 bridgehead atoms. The fourth-order valence-electron chi connectivity index (χ4n) is 3.76. The van der Waals surface area contributed by atoms with Crippen molar-refractivity contribution in [2.24, 2.45) is 0 Å². The molecule has 4 rings (SSSR count). The first-order valence-corrected chi connectivity index (χ1v) is 9.71. The van der Waals surface area contributed by atoms with E-state index in [0.29, 0.717) is 25.6 Å². The number of nitrogens with one attached hydrogen (secondary N) is 1. The Labute approximate surface area is 165 Å². The van der Waals surface area contributed by atoms with Gasteiger partial charge >= 0.3 is 0 Å². The van der Waals surface area contributed by atoms with Gasteiger partial charge in [0, 0.05) is 30.4 Å². The SMILES string of the molecule is COc1ccccc1C1(C(=O)NCc2nc(C)cc(N3CCOCC3)n2)CC1. The molecule has 148 valence electrons. The number of amides is 1. The minimum Gasteiger partial charge on any atom is -0.496 e. The van der Waals surface area contributed by atoms with E-state index in [9.17, 15) is 4.79 Å². The predicted molar refractivity (Wildman–Crippen MR) is 106 cm³/mol. The molecule has 1 aromatic carbocycles. The predicted octanol–water partition coefficient (Wildman–Crippen LogP) is 1.98. The van der Waals surface area contributed by atoms with Crippen molar-refractivity contribution in [1.82, 2.24) is 15.3 Å². The standard InChI is InChI=1S/C21H26N4O3/c1-15-13-19(25-9-11-28-12-10-25)24-18(23-15)14-22-20(26)21(7-8-21)16-5-3-4-6-17(16)27-2/h3-6,13H,7-12,14H2,1-2H3,(H,22,26). The summed E-state index contributed by atoms with van der Waals surface area (Å²) < 4.78 is 10.9. The van der Waals surface area contributed by atoms with Gasteiger partial charge in [-0.3, -0.25) is 4.79 Å². The molecule has 1 amide bonds. The molecular weight excluding hydrogens is 356 g/mol. The fraction of sp³-hybridized carbons (Fsp3) is 0.476. The summed E-state index contributed by atoms with van der Waals surface area (Å²) in [5.41, 5.74) is 1.35. The number of anilines is 1. The Kier molecular flexibility index (Phi) is 5.17. The van der Waals surface area contributed by atoms with Crippen molar-refractivity contribution in [1.29, 1.82) is 0 Å². The zero-order valence-corrected chi connectivity index (χ0v) is 16.4. The van der Waals surface area contributed by atoms with Crippen molar-refractivity contribution in [3.8, 4) is 5.75 Å². The molecule has 7 nitrogen and oxygen atoms in total. The average Bonchev–Trinajstić information content (AvgIpc) is 3.54. The lowest BCUT2D eigenvalue weighted by molar-refractivity contribution is -0.123. The zero-order chi connectivity index (χ0) is 19.6. The molecule has 2 aliphatic rings. The Morgan fingerprint density at radius 1 is 1.25 bits per heavy atom. The highest BCUT2D eigenvalue weighted by Crippen LogP contribution is 2.51. The molecule has 0 unspecified atom stereocenters. The van der Waals surface area contributed by atoms with Gasteiger partial charge in [-0.2, -0.15) is 0 Å². The molecule has 7 heteroatoms. The lowest BCUT2D eigenvalue weighted by Crippen LogP contribution is -2.37. The van der Waals surface area contributed by atoms with Crippen LogP contribution in [0.5, 0.6) is 5.75 Å². The van der Waals surface area contributed by atoms with Crippen molar-refractivity contribution in [2.75, 3.05) is 38.3 Å². The summed E-state index contributed by atoms with van der Waals surface area (Å²) in [5.74, 6) is 2.29. The van der Waals surface area contributed by atoms with Crippen LogP contribution in [0, 0.1) is 6.92 Å². The lowest BCUT2D eigenvalue weighted by atomic mass is 9.94. The molecule has 0 atom stereocenters. The van der Waals surface area contributed by atoms with Crippen LogP contribution in [0.4, 0.5) is 5.82 Å². The van der Waals surface area contributed by atoms with Crippen LogP contribution in [0.2, 0.25) is 0 Å². The molecular formula is C21H26N4O3. The number of carbonyl (C=O) groups excluding carboxylic acids is 1. The molecule has 0 radical (unpaired) electrons. The van der Waals surface area contributed by atoms with E-state index in [-0.39, 0.29) is 5.91 Å². The first-order valence-electron chi connectivity index (χ1n) is 9.71. The lowest BCUT2D eigenvalue weighted by Gasteiger charge is -2.28.